The van der Waals surface area contributed by atoms with Gasteiger partial charge in [-0.25, -0.2) is 14.8 Å². The van der Waals surface area contributed by atoms with Gasteiger partial charge in [-0.1, -0.05) is 12.1 Å². The second-order valence-electron chi connectivity index (χ2n) is 17.2. The fourth-order valence-corrected chi connectivity index (χ4v) is 10.2. The van der Waals surface area contributed by atoms with Crippen molar-refractivity contribution in [2.45, 2.75) is 57.2 Å². The quantitative estimate of drug-likeness (QED) is 0.268. The van der Waals surface area contributed by atoms with Crippen molar-refractivity contribution < 1.29 is 28.8 Å². The summed E-state index contributed by atoms with van der Waals surface area (Å²) in [6.07, 6.45) is 6.34. The highest BCUT2D eigenvalue weighted by Crippen LogP contribution is 2.42. The average molecular weight is 806 g/mol. The van der Waals surface area contributed by atoms with Gasteiger partial charge in [-0.15, -0.1) is 5.06 Å². The van der Waals surface area contributed by atoms with Crippen molar-refractivity contribution in [1.82, 2.24) is 35.0 Å². The molecule has 17 nitrogen and oxygen atoms in total. The van der Waals surface area contributed by atoms with E-state index in [0.29, 0.717) is 56.5 Å². The van der Waals surface area contributed by atoms with Crippen molar-refractivity contribution in [2.24, 2.45) is 17.6 Å². The van der Waals surface area contributed by atoms with Crippen LogP contribution in [-0.4, -0.2) is 138 Å². The summed E-state index contributed by atoms with van der Waals surface area (Å²) in [6.45, 7) is 8.28. The molecule has 0 saturated carbocycles. The lowest BCUT2D eigenvalue weighted by Gasteiger charge is -2.46. The zero-order chi connectivity index (χ0) is 40.4. The normalized spacial score (nSPS) is 25.5. The summed E-state index contributed by atoms with van der Waals surface area (Å²) in [5.41, 5.74) is 11.4. The third kappa shape index (κ3) is 7.23. The Morgan fingerprint density at radius 2 is 1.83 bits per heavy atom. The lowest BCUT2D eigenvalue weighted by atomic mass is 9.98. The highest BCUT2D eigenvalue weighted by Gasteiger charge is 2.39. The van der Waals surface area contributed by atoms with Gasteiger partial charge in [0.25, 0.3) is 5.91 Å². The van der Waals surface area contributed by atoms with Gasteiger partial charge < -0.3 is 40.2 Å². The van der Waals surface area contributed by atoms with Crippen LogP contribution in [0.4, 0.5) is 27.8 Å². The minimum absolute atomic E-state index is 0.0579. The first-order valence-corrected chi connectivity index (χ1v) is 21.0. The maximum Gasteiger partial charge on any atom is 0.320 e. The fourth-order valence-electron chi connectivity index (χ4n) is 10.2. The molecule has 3 aromatic rings. The van der Waals surface area contributed by atoms with Crippen LogP contribution in [0.25, 0.3) is 0 Å². The van der Waals surface area contributed by atoms with Crippen LogP contribution in [0.2, 0.25) is 0 Å². The molecular weight excluding hydrogens is 755 g/mol. The van der Waals surface area contributed by atoms with Crippen molar-refractivity contribution in [3.8, 4) is 11.5 Å². The van der Waals surface area contributed by atoms with Gasteiger partial charge in [-0.2, -0.15) is 0 Å². The Balaban J connectivity index is 0.760. The standard InChI is InChI=1S/C42H51N11O6/c1-48-11-13-53(42(48)57)30-3-2-10-50(23-30)35-18-44-37(39(43)55)40(46-35)45-29-7-8-33-34(17-29)58-24-31-22-49(12-14-52(31)33)19-25-15-26-4-5-27-20-51(59-38(27)32(26)16-25)21-28-6-9-36(54)47-41(28)56/h4-5,7-8,17-18,25,28,30-31H,2-3,6,9-16,19-24H2,1H3,(H2,43,55)(H,45,46)(H,47,54,56)/t25?,28?,30-,31-/m1/s1. The molecule has 2 aromatic carbocycles. The maximum atomic E-state index is 12.7. The number of fused-ring (bicyclic) bond motifs is 6. The number of rotatable bonds is 9. The first-order valence-electron chi connectivity index (χ1n) is 21.0. The Hall–Kier alpha value is -5.68. The van der Waals surface area contributed by atoms with Gasteiger partial charge >= 0.3 is 6.03 Å². The van der Waals surface area contributed by atoms with E-state index in [2.05, 4.69) is 48.5 Å². The van der Waals surface area contributed by atoms with Crippen LogP contribution >= 0.6 is 0 Å². The van der Waals surface area contributed by atoms with Crippen LogP contribution in [0.1, 0.15) is 52.9 Å². The number of piperazine rings is 1. The van der Waals surface area contributed by atoms with Gasteiger partial charge in [-0.05, 0) is 55.7 Å². The number of nitrogens with two attached hydrogens (primary N) is 1. The van der Waals surface area contributed by atoms with E-state index in [9.17, 15) is 19.2 Å². The number of likely N-dealkylation sites (N-methyl/N-ethyl adjacent to an activating group) is 1. The Bertz CT molecular complexity index is 2200. The summed E-state index contributed by atoms with van der Waals surface area (Å²) in [7, 11) is 1.84. The van der Waals surface area contributed by atoms with Crippen LogP contribution in [-0.2, 0) is 29.0 Å². The third-order valence-electron chi connectivity index (χ3n) is 13.2. The molecule has 4 fully saturated rings. The van der Waals surface area contributed by atoms with Crippen LogP contribution in [0, 0.1) is 11.8 Å². The number of carbonyl (C=O) groups is 4. The molecule has 1 aliphatic carbocycles. The average Bonchev–Trinajstić information content (AvgIpc) is 3.94. The molecule has 59 heavy (non-hydrogen) atoms. The molecule has 5 amide bonds. The number of hydrogen-bond donors (Lipinski definition) is 3. The third-order valence-corrected chi connectivity index (χ3v) is 13.2. The summed E-state index contributed by atoms with van der Waals surface area (Å²) in [5.74, 6) is 1.81. The van der Waals surface area contributed by atoms with Gasteiger partial charge in [0.15, 0.2) is 17.3 Å². The Morgan fingerprint density at radius 3 is 2.66 bits per heavy atom. The van der Waals surface area contributed by atoms with Crippen molar-refractivity contribution in [2.75, 3.05) is 87.7 Å². The molecule has 10 rings (SSSR count). The predicted octanol–water partition coefficient (Wildman–Crippen LogP) is 2.12. The fraction of sp³-hybridized carbons (Fsp3) is 0.524. The second kappa shape index (κ2) is 15.2. The number of carbonyl (C=O) groups excluding carboxylic acids is 4. The van der Waals surface area contributed by atoms with Gasteiger partial charge in [0.05, 0.1) is 36.4 Å². The van der Waals surface area contributed by atoms with Crippen LogP contribution in [0.15, 0.2) is 36.5 Å². The Labute approximate surface area is 342 Å². The van der Waals surface area contributed by atoms with Crippen molar-refractivity contribution >= 4 is 46.8 Å². The number of anilines is 4. The molecule has 17 heteroatoms. The zero-order valence-electron chi connectivity index (χ0n) is 33.4. The first-order chi connectivity index (χ1) is 28.6. The molecule has 6 aliphatic heterocycles. The summed E-state index contributed by atoms with van der Waals surface area (Å²) in [5, 5.41) is 7.65. The molecule has 1 aromatic heterocycles. The number of aromatic nitrogens is 2. The largest absolute Gasteiger partial charge is 0.489 e. The Morgan fingerprint density at radius 1 is 0.966 bits per heavy atom. The van der Waals surface area contributed by atoms with Crippen LogP contribution < -0.4 is 35.7 Å². The molecule has 4 N–H and O–H groups in total. The second-order valence-corrected chi connectivity index (χ2v) is 17.2. The molecule has 7 heterocycles. The number of urea groups is 1. The lowest BCUT2D eigenvalue weighted by Crippen LogP contribution is -2.57. The van der Waals surface area contributed by atoms with E-state index in [1.54, 1.807) is 11.1 Å². The number of nitrogens with zero attached hydrogens (tertiary/aromatic N) is 8. The zero-order valence-corrected chi connectivity index (χ0v) is 33.4. The molecule has 4 atom stereocenters. The highest BCUT2D eigenvalue weighted by atomic mass is 16.7. The number of primary amides is 1. The van der Waals surface area contributed by atoms with E-state index >= 15 is 0 Å². The number of nitrogens with one attached hydrogen (secondary N) is 2. The molecule has 310 valence electrons. The molecule has 2 unspecified atom stereocenters. The van der Waals surface area contributed by atoms with E-state index in [1.807, 2.05) is 29.1 Å². The lowest BCUT2D eigenvalue weighted by molar-refractivity contribution is -0.140. The minimum Gasteiger partial charge on any atom is -0.489 e. The van der Waals surface area contributed by atoms with Gasteiger partial charge in [-0.3, -0.25) is 24.6 Å². The maximum absolute atomic E-state index is 12.7. The Kier molecular flexibility index (Phi) is 9.66. The topological polar surface area (TPSA) is 182 Å². The predicted molar refractivity (Wildman–Crippen MR) is 218 cm³/mol. The summed E-state index contributed by atoms with van der Waals surface area (Å²) in [4.78, 5) is 75.7. The minimum atomic E-state index is -0.670. The number of imide groups is 1. The van der Waals surface area contributed by atoms with Gasteiger partial charge in [0.1, 0.15) is 18.2 Å². The number of hydroxylamine groups is 2. The number of ether oxygens (including phenoxy) is 1. The molecule has 0 spiro atoms. The van der Waals surface area contributed by atoms with Crippen molar-refractivity contribution in [3.63, 3.8) is 0 Å². The first kappa shape index (κ1) is 37.6. The summed E-state index contributed by atoms with van der Waals surface area (Å²) in [6, 6.07) is 10.8. The molecule has 7 aliphatic rings. The van der Waals surface area contributed by atoms with E-state index < -0.39 is 5.91 Å². The van der Waals surface area contributed by atoms with E-state index in [-0.39, 0.29) is 47.4 Å². The van der Waals surface area contributed by atoms with Crippen molar-refractivity contribution in [1.29, 1.82) is 0 Å². The van der Waals surface area contributed by atoms with Gasteiger partial charge in [0.2, 0.25) is 11.8 Å². The van der Waals surface area contributed by atoms with Crippen molar-refractivity contribution in [3.05, 3.63) is 58.9 Å². The number of benzene rings is 2. The number of hydrogen-bond acceptors (Lipinski definition) is 13. The van der Waals surface area contributed by atoms with E-state index in [0.717, 1.165) is 94.2 Å². The van der Waals surface area contributed by atoms with Gasteiger partial charge in [0, 0.05) is 95.3 Å². The number of piperidine rings is 2. The molecule has 0 radical (unpaired) electrons. The van der Waals surface area contributed by atoms with E-state index in [4.69, 9.17) is 20.3 Å². The molecule has 4 saturated heterocycles. The summed E-state index contributed by atoms with van der Waals surface area (Å²) >= 11 is 0. The van der Waals surface area contributed by atoms with E-state index in [1.165, 1.54) is 11.1 Å². The number of amides is 5. The highest BCUT2D eigenvalue weighted by molar-refractivity contribution is 5.98. The SMILES string of the molecule is CN1CCN([C@@H]2CCCN(c3cnc(C(N)=O)c(Nc4ccc5c(c4)OC[C@H]4CN(CC6Cc7ccc8c(c7C6)ON(CC6CCC(=O)NC6=O)C8)CCN54)n3)C2)C1=O. The summed E-state index contributed by atoms with van der Waals surface area (Å²) < 4.78 is 6.40. The van der Waals surface area contributed by atoms with Crippen LogP contribution in [0.5, 0.6) is 11.5 Å². The molecular formula is C42H51N11O6. The smallest absolute Gasteiger partial charge is 0.320 e. The molecule has 0 bridgehead atoms. The van der Waals surface area contributed by atoms with Crippen LogP contribution in [0.3, 0.4) is 0 Å². The monoisotopic (exact) mass is 805 g/mol.